The van der Waals surface area contributed by atoms with Gasteiger partial charge in [-0.3, -0.25) is 0 Å². The summed E-state index contributed by atoms with van der Waals surface area (Å²) in [7, 11) is 0. The minimum absolute atomic E-state index is 0.0826. The van der Waals surface area contributed by atoms with Crippen LogP contribution in [0.5, 0.6) is 5.88 Å². The first-order chi connectivity index (χ1) is 12.4. The Hall–Kier alpha value is -2.03. The zero-order valence-electron chi connectivity index (χ0n) is 14.9. The van der Waals surface area contributed by atoms with Gasteiger partial charge >= 0.3 is 0 Å². The van der Waals surface area contributed by atoms with Gasteiger partial charge in [0.2, 0.25) is 10.8 Å². The van der Waals surface area contributed by atoms with Gasteiger partial charge in [-0.25, -0.2) is 9.37 Å². The molecule has 26 heavy (non-hydrogen) atoms. The van der Waals surface area contributed by atoms with Gasteiger partial charge in [-0.1, -0.05) is 23.5 Å². The van der Waals surface area contributed by atoms with Crippen molar-refractivity contribution in [3.8, 4) is 5.88 Å². The number of halogens is 1. The van der Waals surface area contributed by atoms with Crippen molar-refractivity contribution >= 4 is 16.3 Å². The van der Waals surface area contributed by atoms with E-state index in [1.54, 1.807) is 19.1 Å². The third-order valence-electron chi connectivity index (χ3n) is 4.72. The average Bonchev–Trinajstić information content (AvgIpc) is 3.05. The van der Waals surface area contributed by atoms with Gasteiger partial charge in [0.1, 0.15) is 41.8 Å². The number of ether oxygens (including phenoxy) is 1. The lowest BCUT2D eigenvalue weighted by atomic mass is 10.0. The SMILES string of the molecule is Cc1nc2sc([C@H](c3cccc(F)c3)[NH+]3C[C@@H](C)O[C@@H](C)C3)c(O)n2n1. The topological polar surface area (TPSA) is 64.1 Å². The predicted molar refractivity (Wildman–Crippen MR) is 96.2 cm³/mol. The molecular weight excluding hydrogens is 355 g/mol. The van der Waals surface area contributed by atoms with Crippen molar-refractivity contribution in [3.05, 3.63) is 46.3 Å². The van der Waals surface area contributed by atoms with E-state index in [9.17, 15) is 9.50 Å². The molecule has 0 aliphatic carbocycles. The zero-order valence-corrected chi connectivity index (χ0v) is 15.8. The molecule has 1 aliphatic rings. The largest absolute Gasteiger partial charge is 0.492 e. The molecular formula is C18H22FN4O2S+. The summed E-state index contributed by atoms with van der Waals surface area (Å²) in [6.07, 6.45) is 0.188. The summed E-state index contributed by atoms with van der Waals surface area (Å²) >= 11 is 1.40. The number of thiazole rings is 1. The molecule has 0 bridgehead atoms. The summed E-state index contributed by atoms with van der Waals surface area (Å²) in [5.74, 6) is 0.413. The van der Waals surface area contributed by atoms with Crippen LogP contribution in [-0.2, 0) is 4.74 Å². The normalized spacial score (nSPS) is 24.8. The Balaban J connectivity index is 1.84. The second-order valence-electron chi connectivity index (χ2n) is 6.96. The predicted octanol–water partition coefficient (Wildman–Crippen LogP) is 1.73. The van der Waals surface area contributed by atoms with Crippen LogP contribution in [0.4, 0.5) is 4.39 Å². The molecule has 2 N–H and O–H groups in total. The Kier molecular flexibility index (Phi) is 4.42. The number of benzene rings is 1. The summed E-state index contributed by atoms with van der Waals surface area (Å²) in [5.41, 5.74) is 0.831. The summed E-state index contributed by atoms with van der Waals surface area (Å²) in [4.78, 5) is 7.00. The van der Waals surface area contributed by atoms with Crippen LogP contribution in [0.15, 0.2) is 24.3 Å². The summed E-state index contributed by atoms with van der Waals surface area (Å²) in [5, 5.41) is 15.1. The van der Waals surface area contributed by atoms with E-state index in [1.807, 2.05) is 19.9 Å². The van der Waals surface area contributed by atoms with Crippen LogP contribution in [0.25, 0.3) is 4.96 Å². The van der Waals surface area contributed by atoms with Crippen LogP contribution in [0.2, 0.25) is 0 Å². The Labute approximate surface area is 154 Å². The first-order valence-corrected chi connectivity index (χ1v) is 9.54. The molecule has 1 aromatic carbocycles. The number of fused-ring (bicyclic) bond motifs is 1. The van der Waals surface area contributed by atoms with Crippen molar-refractivity contribution in [2.24, 2.45) is 0 Å². The fourth-order valence-corrected chi connectivity index (χ4v) is 5.03. The van der Waals surface area contributed by atoms with Gasteiger partial charge in [0.05, 0.1) is 0 Å². The number of nitrogens with one attached hydrogen (secondary N) is 1. The molecule has 4 rings (SSSR count). The van der Waals surface area contributed by atoms with Crippen LogP contribution in [0.3, 0.4) is 0 Å². The number of aromatic hydroxyl groups is 1. The van der Waals surface area contributed by atoms with Gasteiger partial charge in [0.15, 0.2) is 6.04 Å². The lowest BCUT2D eigenvalue weighted by Crippen LogP contribution is -3.15. The highest BCUT2D eigenvalue weighted by molar-refractivity contribution is 7.17. The molecule has 0 spiro atoms. The van der Waals surface area contributed by atoms with E-state index in [-0.39, 0.29) is 29.9 Å². The lowest BCUT2D eigenvalue weighted by Gasteiger charge is -2.37. The number of quaternary nitrogens is 1. The van der Waals surface area contributed by atoms with Crippen LogP contribution in [0.1, 0.15) is 36.2 Å². The Morgan fingerprint density at radius 1 is 1.35 bits per heavy atom. The number of morpholine rings is 1. The van der Waals surface area contributed by atoms with Crippen LogP contribution in [0, 0.1) is 12.7 Å². The van der Waals surface area contributed by atoms with Gasteiger partial charge in [-0.2, -0.15) is 4.52 Å². The highest BCUT2D eigenvalue weighted by Crippen LogP contribution is 2.35. The maximum atomic E-state index is 13.9. The zero-order chi connectivity index (χ0) is 18.4. The third kappa shape index (κ3) is 3.08. The smallest absolute Gasteiger partial charge is 0.235 e. The minimum atomic E-state index is -0.281. The second kappa shape index (κ2) is 6.61. The van der Waals surface area contributed by atoms with E-state index in [0.717, 1.165) is 23.5 Å². The van der Waals surface area contributed by atoms with Crippen molar-refractivity contribution < 1.29 is 19.1 Å². The van der Waals surface area contributed by atoms with Gasteiger partial charge in [-0.15, -0.1) is 5.10 Å². The number of aromatic nitrogens is 3. The van der Waals surface area contributed by atoms with E-state index in [1.165, 1.54) is 26.8 Å². The monoisotopic (exact) mass is 377 g/mol. The number of hydrogen-bond donors (Lipinski definition) is 2. The number of hydrogen-bond acceptors (Lipinski definition) is 5. The molecule has 8 heteroatoms. The van der Waals surface area contributed by atoms with Gasteiger partial charge in [0.25, 0.3) is 0 Å². The van der Waals surface area contributed by atoms with Crippen molar-refractivity contribution in [2.75, 3.05) is 13.1 Å². The molecule has 1 saturated heterocycles. The Morgan fingerprint density at radius 3 is 2.73 bits per heavy atom. The van der Waals surface area contributed by atoms with E-state index in [4.69, 9.17) is 4.74 Å². The molecule has 3 heterocycles. The maximum absolute atomic E-state index is 13.9. The Morgan fingerprint density at radius 2 is 2.08 bits per heavy atom. The molecule has 6 nitrogen and oxygen atoms in total. The molecule has 1 aliphatic heterocycles. The number of aryl methyl sites for hydroxylation is 1. The third-order valence-corrected chi connectivity index (χ3v) is 5.81. The minimum Gasteiger partial charge on any atom is -0.492 e. The molecule has 2 aromatic heterocycles. The van der Waals surface area contributed by atoms with E-state index < -0.39 is 0 Å². The van der Waals surface area contributed by atoms with Crippen LogP contribution in [-0.4, -0.2) is 45.0 Å². The second-order valence-corrected chi connectivity index (χ2v) is 7.96. The van der Waals surface area contributed by atoms with Crippen molar-refractivity contribution in [3.63, 3.8) is 0 Å². The average molecular weight is 377 g/mol. The lowest BCUT2D eigenvalue weighted by molar-refractivity contribution is -0.939. The Bertz CT molecular complexity index is 931. The van der Waals surface area contributed by atoms with Crippen LogP contribution < -0.4 is 4.90 Å². The molecule has 1 unspecified atom stereocenters. The molecule has 0 saturated carbocycles. The highest BCUT2D eigenvalue weighted by Gasteiger charge is 2.37. The summed E-state index contributed by atoms with van der Waals surface area (Å²) in [6.45, 7) is 7.43. The van der Waals surface area contributed by atoms with E-state index >= 15 is 0 Å². The van der Waals surface area contributed by atoms with Crippen LogP contribution >= 0.6 is 11.3 Å². The quantitative estimate of drug-likeness (QED) is 0.730. The molecule has 0 amide bonds. The fourth-order valence-electron chi connectivity index (χ4n) is 3.84. The van der Waals surface area contributed by atoms with Crippen molar-refractivity contribution in [1.29, 1.82) is 0 Å². The first-order valence-electron chi connectivity index (χ1n) is 8.73. The number of rotatable bonds is 3. The van der Waals surface area contributed by atoms with Gasteiger partial charge < -0.3 is 14.7 Å². The molecule has 0 radical (unpaired) electrons. The maximum Gasteiger partial charge on any atom is 0.235 e. The molecule has 4 atom stereocenters. The summed E-state index contributed by atoms with van der Waals surface area (Å²) < 4.78 is 21.3. The van der Waals surface area contributed by atoms with Gasteiger partial charge in [-0.05, 0) is 32.9 Å². The van der Waals surface area contributed by atoms with E-state index in [2.05, 4.69) is 10.1 Å². The number of nitrogens with zero attached hydrogens (tertiary/aromatic N) is 3. The van der Waals surface area contributed by atoms with Crippen molar-refractivity contribution in [1.82, 2.24) is 14.6 Å². The van der Waals surface area contributed by atoms with Gasteiger partial charge in [0, 0.05) is 5.56 Å². The van der Waals surface area contributed by atoms with Crippen molar-refractivity contribution in [2.45, 2.75) is 39.0 Å². The fraction of sp³-hybridized carbons (Fsp3) is 0.444. The summed E-state index contributed by atoms with van der Waals surface area (Å²) in [6, 6.07) is 6.40. The van der Waals surface area contributed by atoms with E-state index in [0.29, 0.717) is 10.8 Å². The standard InChI is InChI=1S/C18H21FN4O2S/c1-10-8-22(9-11(2)25-10)15(13-5-4-6-14(19)7-13)16-17(24)23-18(26-16)20-12(3)21-23/h4-7,10-11,15,24H,8-9H2,1-3H3/p+1/t10-,11+,15-/m0/s1. The molecule has 1 fully saturated rings. The molecule has 138 valence electrons. The first kappa shape index (κ1) is 17.4. The molecule has 3 aromatic rings. The highest BCUT2D eigenvalue weighted by atomic mass is 32.1.